The number of rotatable bonds is 4. The number of imidazole rings is 1. The molecule has 1 saturated heterocycles. The molecule has 132 valence electrons. The molecule has 0 spiro atoms. The second-order valence-electron chi connectivity index (χ2n) is 6.04. The zero-order valence-electron chi connectivity index (χ0n) is 14.5. The van der Waals surface area contributed by atoms with Crippen LogP contribution in [0.15, 0.2) is 43.0 Å². The summed E-state index contributed by atoms with van der Waals surface area (Å²) in [7, 11) is 1.61. The minimum absolute atomic E-state index is 0.00268. The molecule has 1 aliphatic heterocycles. The predicted molar refractivity (Wildman–Crippen MR) is 91.9 cm³/mol. The van der Waals surface area contributed by atoms with Crippen LogP contribution in [-0.4, -0.2) is 57.9 Å². The van der Waals surface area contributed by atoms with Crippen molar-refractivity contribution in [3.8, 4) is 5.75 Å². The molecule has 2 amide bonds. The highest BCUT2D eigenvalue weighted by molar-refractivity contribution is 5.78. The van der Waals surface area contributed by atoms with Crippen molar-refractivity contribution >= 4 is 11.8 Å². The Labute approximate surface area is 146 Å². The molecule has 1 aromatic carbocycles. The third kappa shape index (κ3) is 3.65. The van der Waals surface area contributed by atoms with Crippen LogP contribution in [-0.2, 0) is 16.1 Å². The molecule has 1 aromatic heterocycles. The molecule has 1 aliphatic rings. The number of carbonyl (C=O) groups is 2. The SMILES string of the molecule is COc1ccccc1C1CN(C(C)=O)CCN1C(=O)Cn1ccnc1. The Morgan fingerprint density at radius 3 is 2.76 bits per heavy atom. The van der Waals surface area contributed by atoms with Crippen LogP contribution in [0.5, 0.6) is 5.75 Å². The lowest BCUT2D eigenvalue weighted by Crippen LogP contribution is -2.52. The number of amides is 2. The Balaban J connectivity index is 1.89. The Morgan fingerprint density at radius 2 is 2.08 bits per heavy atom. The number of carbonyl (C=O) groups excluding carboxylic acids is 2. The maximum absolute atomic E-state index is 12.9. The second-order valence-corrected chi connectivity index (χ2v) is 6.04. The molecule has 1 unspecified atom stereocenters. The van der Waals surface area contributed by atoms with E-state index in [1.807, 2.05) is 29.2 Å². The third-order valence-electron chi connectivity index (χ3n) is 4.52. The maximum atomic E-state index is 12.9. The lowest BCUT2D eigenvalue weighted by molar-refractivity contribution is -0.142. The average molecular weight is 342 g/mol. The monoisotopic (exact) mass is 342 g/mol. The van der Waals surface area contributed by atoms with E-state index in [-0.39, 0.29) is 24.4 Å². The van der Waals surface area contributed by atoms with E-state index in [2.05, 4.69) is 4.98 Å². The summed E-state index contributed by atoms with van der Waals surface area (Å²) in [6.45, 7) is 3.28. The van der Waals surface area contributed by atoms with Gasteiger partial charge in [-0.1, -0.05) is 18.2 Å². The minimum Gasteiger partial charge on any atom is -0.496 e. The summed E-state index contributed by atoms with van der Waals surface area (Å²) in [5.74, 6) is 0.733. The molecule has 0 bridgehead atoms. The molecule has 0 aliphatic carbocycles. The molecule has 2 heterocycles. The molecule has 0 saturated carbocycles. The van der Waals surface area contributed by atoms with E-state index < -0.39 is 0 Å². The zero-order chi connectivity index (χ0) is 17.8. The van der Waals surface area contributed by atoms with Crippen LogP contribution in [0.2, 0.25) is 0 Å². The standard InChI is InChI=1S/C18H22N4O3/c1-14(23)21-9-10-22(18(24)12-20-8-7-19-13-20)16(11-21)15-5-3-4-6-17(15)25-2/h3-8,13,16H,9-12H2,1-2H3. The van der Waals surface area contributed by atoms with Crippen molar-refractivity contribution in [2.24, 2.45) is 0 Å². The summed E-state index contributed by atoms with van der Waals surface area (Å²) in [5.41, 5.74) is 0.912. The minimum atomic E-state index is -0.232. The van der Waals surface area contributed by atoms with Gasteiger partial charge in [0.2, 0.25) is 11.8 Å². The first-order valence-electron chi connectivity index (χ1n) is 8.23. The molecular formula is C18H22N4O3. The van der Waals surface area contributed by atoms with Gasteiger partial charge in [-0.3, -0.25) is 9.59 Å². The summed E-state index contributed by atoms with van der Waals surface area (Å²) >= 11 is 0. The number of methoxy groups -OCH3 is 1. The van der Waals surface area contributed by atoms with Crippen LogP contribution in [0.25, 0.3) is 0 Å². The zero-order valence-corrected chi connectivity index (χ0v) is 14.5. The van der Waals surface area contributed by atoms with E-state index in [0.717, 1.165) is 11.3 Å². The Kier molecular flexibility index (Phi) is 5.02. The van der Waals surface area contributed by atoms with Crippen molar-refractivity contribution in [3.05, 3.63) is 48.5 Å². The van der Waals surface area contributed by atoms with Gasteiger partial charge in [-0.25, -0.2) is 4.98 Å². The Morgan fingerprint density at radius 1 is 1.28 bits per heavy atom. The predicted octanol–water partition coefficient (Wildman–Crippen LogP) is 1.32. The van der Waals surface area contributed by atoms with Crippen molar-refractivity contribution in [3.63, 3.8) is 0 Å². The van der Waals surface area contributed by atoms with Crippen molar-refractivity contribution in [1.82, 2.24) is 19.4 Å². The van der Waals surface area contributed by atoms with Gasteiger partial charge in [0.25, 0.3) is 0 Å². The lowest BCUT2D eigenvalue weighted by atomic mass is 10.0. The average Bonchev–Trinajstić information content (AvgIpc) is 3.14. The molecule has 25 heavy (non-hydrogen) atoms. The van der Waals surface area contributed by atoms with E-state index in [1.54, 1.807) is 42.2 Å². The number of piperazine rings is 1. The molecule has 1 atom stereocenters. The van der Waals surface area contributed by atoms with Crippen molar-refractivity contribution in [2.45, 2.75) is 19.5 Å². The summed E-state index contributed by atoms with van der Waals surface area (Å²) in [6.07, 6.45) is 5.04. The molecular weight excluding hydrogens is 320 g/mol. The van der Waals surface area contributed by atoms with Gasteiger partial charge in [0.15, 0.2) is 0 Å². The number of ether oxygens (including phenoxy) is 1. The summed E-state index contributed by atoms with van der Waals surface area (Å²) in [6, 6.07) is 7.41. The van der Waals surface area contributed by atoms with Crippen LogP contribution in [0.4, 0.5) is 0 Å². The number of hydrogen-bond acceptors (Lipinski definition) is 4. The van der Waals surface area contributed by atoms with E-state index in [0.29, 0.717) is 19.6 Å². The number of aromatic nitrogens is 2. The van der Waals surface area contributed by atoms with Crippen LogP contribution in [0.3, 0.4) is 0 Å². The van der Waals surface area contributed by atoms with Crippen LogP contribution >= 0.6 is 0 Å². The summed E-state index contributed by atoms with van der Waals surface area (Å²) in [4.78, 5) is 32.3. The number of nitrogens with zero attached hydrogens (tertiary/aromatic N) is 4. The fourth-order valence-electron chi connectivity index (χ4n) is 3.20. The molecule has 7 nitrogen and oxygen atoms in total. The fourth-order valence-corrected chi connectivity index (χ4v) is 3.20. The molecule has 2 aromatic rings. The Hall–Kier alpha value is -2.83. The van der Waals surface area contributed by atoms with Gasteiger partial charge < -0.3 is 19.1 Å². The normalized spacial score (nSPS) is 17.4. The summed E-state index contributed by atoms with van der Waals surface area (Å²) in [5, 5.41) is 0. The first-order valence-corrected chi connectivity index (χ1v) is 8.23. The highest BCUT2D eigenvalue weighted by Crippen LogP contribution is 2.32. The number of para-hydroxylation sites is 1. The molecule has 1 fully saturated rings. The van der Waals surface area contributed by atoms with Gasteiger partial charge in [0.1, 0.15) is 12.3 Å². The topological polar surface area (TPSA) is 67.7 Å². The highest BCUT2D eigenvalue weighted by atomic mass is 16.5. The number of hydrogen-bond donors (Lipinski definition) is 0. The maximum Gasteiger partial charge on any atom is 0.243 e. The molecule has 3 rings (SSSR count). The van der Waals surface area contributed by atoms with Crippen molar-refractivity contribution in [2.75, 3.05) is 26.7 Å². The van der Waals surface area contributed by atoms with Gasteiger partial charge in [-0.15, -0.1) is 0 Å². The lowest BCUT2D eigenvalue weighted by Gasteiger charge is -2.41. The summed E-state index contributed by atoms with van der Waals surface area (Å²) < 4.78 is 7.22. The third-order valence-corrected chi connectivity index (χ3v) is 4.52. The molecule has 0 N–H and O–H groups in total. The fraction of sp³-hybridized carbons (Fsp3) is 0.389. The number of benzene rings is 1. The van der Waals surface area contributed by atoms with E-state index in [1.165, 1.54) is 0 Å². The van der Waals surface area contributed by atoms with Crippen LogP contribution < -0.4 is 4.74 Å². The van der Waals surface area contributed by atoms with Crippen molar-refractivity contribution < 1.29 is 14.3 Å². The van der Waals surface area contributed by atoms with Gasteiger partial charge in [0.05, 0.1) is 19.5 Å². The smallest absolute Gasteiger partial charge is 0.243 e. The molecule has 0 radical (unpaired) electrons. The van der Waals surface area contributed by atoms with E-state index in [4.69, 9.17) is 4.74 Å². The van der Waals surface area contributed by atoms with Gasteiger partial charge in [-0.2, -0.15) is 0 Å². The van der Waals surface area contributed by atoms with Gasteiger partial charge >= 0.3 is 0 Å². The van der Waals surface area contributed by atoms with Gasteiger partial charge in [0, 0.05) is 44.5 Å². The molecule has 7 heteroatoms. The van der Waals surface area contributed by atoms with Crippen LogP contribution in [0.1, 0.15) is 18.5 Å². The van der Waals surface area contributed by atoms with Gasteiger partial charge in [-0.05, 0) is 6.07 Å². The Bertz CT molecular complexity index is 745. The second kappa shape index (κ2) is 7.38. The van der Waals surface area contributed by atoms with Crippen LogP contribution in [0, 0.1) is 0 Å². The van der Waals surface area contributed by atoms with E-state index in [9.17, 15) is 9.59 Å². The largest absolute Gasteiger partial charge is 0.496 e. The van der Waals surface area contributed by atoms with E-state index >= 15 is 0 Å². The first kappa shape index (κ1) is 17.0. The highest BCUT2D eigenvalue weighted by Gasteiger charge is 2.34. The quantitative estimate of drug-likeness (QED) is 0.840. The van der Waals surface area contributed by atoms with Crippen molar-refractivity contribution in [1.29, 1.82) is 0 Å². The first-order chi connectivity index (χ1) is 12.1.